The molecule has 12 nitrogen and oxygen atoms in total. The van der Waals surface area contributed by atoms with Gasteiger partial charge in [-0.15, -0.1) is 0 Å². The van der Waals surface area contributed by atoms with Crippen LogP contribution in [0, 0.1) is 0 Å². The first-order chi connectivity index (χ1) is 17.3. The van der Waals surface area contributed by atoms with E-state index in [2.05, 4.69) is 20.9 Å². The van der Waals surface area contributed by atoms with Crippen LogP contribution in [0.1, 0.15) is 37.7 Å². The van der Waals surface area contributed by atoms with E-state index in [-0.39, 0.29) is 70.6 Å². The minimum absolute atomic E-state index is 0.128. The molecule has 0 atom stereocenters. The van der Waals surface area contributed by atoms with Crippen LogP contribution in [0.3, 0.4) is 0 Å². The molecule has 7 N–H and O–H groups in total. The molecule has 13 heteroatoms. The zero-order valence-corrected chi connectivity index (χ0v) is 21.5. The maximum absolute atomic E-state index is 13.5. The molecule has 1 saturated heterocycles. The highest BCUT2D eigenvalue weighted by Gasteiger charge is 2.47. The number of allylic oxidation sites excluding steroid dienone is 3. The zero-order chi connectivity index (χ0) is 26.4. The molecule has 1 aliphatic rings. The molecule has 1 aromatic rings. The first kappa shape index (κ1) is 29.6. The molecule has 0 saturated carbocycles. The fourth-order valence-corrected chi connectivity index (χ4v) is 5.96. The number of aromatic nitrogens is 2. The topological polar surface area (TPSA) is 189 Å². The molecule has 1 aromatic heterocycles. The third kappa shape index (κ3) is 7.96. The van der Waals surface area contributed by atoms with Crippen LogP contribution < -0.4 is 21.7 Å². The van der Waals surface area contributed by atoms with Crippen molar-refractivity contribution in [1.82, 2.24) is 20.6 Å². The molecule has 0 spiro atoms. The van der Waals surface area contributed by atoms with Crippen molar-refractivity contribution in [3.63, 3.8) is 0 Å². The summed E-state index contributed by atoms with van der Waals surface area (Å²) in [5, 5.41) is 26.8. The fraction of sp³-hybridized carbons (Fsp3) is 0.609. The van der Waals surface area contributed by atoms with Gasteiger partial charge in [-0.1, -0.05) is 18.2 Å². The number of nitrogens with zero attached hydrogens (tertiary/aromatic N) is 2. The maximum Gasteiger partial charge on any atom is 0.315 e. The molecule has 0 unspecified atom stereocenters. The van der Waals surface area contributed by atoms with Gasteiger partial charge in [0, 0.05) is 57.6 Å². The average molecular weight is 527 g/mol. The smallest absolute Gasteiger partial charge is 0.315 e. The van der Waals surface area contributed by atoms with Gasteiger partial charge in [-0.25, -0.2) is 23.2 Å². The van der Waals surface area contributed by atoms with Gasteiger partial charge >= 0.3 is 6.03 Å². The number of ether oxygens (including phenoxy) is 1. The summed E-state index contributed by atoms with van der Waals surface area (Å²) < 4.78 is 31.2. The highest BCUT2D eigenvalue weighted by Crippen LogP contribution is 2.41. The van der Waals surface area contributed by atoms with E-state index in [1.54, 1.807) is 31.2 Å². The van der Waals surface area contributed by atoms with Gasteiger partial charge in [-0.2, -0.15) is 0 Å². The number of carbonyl (C=O) groups excluding carboxylic acids is 1. The number of nitrogens with two attached hydrogens (primary N) is 1. The molecule has 0 bridgehead atoms. The van der Waals surface area contributed by atoms with Crippen molar-refractivity contribution >= 4 is 27.3 Å². The summed E-state index contributed by atoms with van der Waals surface area (Å²) in [4.78, 5) is 20.9. The van der Waals surface area contributed by atoms with Gasteiger partial charge in [0.2, 0.25) is 0 Å². The quantitative estimate of drug-likeness (QED) is 0.179. The van der Waals surface area contributed by atoms with E-state index in [9.17, 15) is 23.4 Å². The minimum atomic E-state index is -3.69. The summed E-state index contributed by atoms with van der Waals surface area (Å²) in [5.41, 5.74) is 6.35. The molecule has 36 heavy (non-hydrogen) atoms. The number of rotatable bonds is 14. The van der Waals surface area contributed by atoms with E-state index >= 15 is 0 Å². The lowest BCUT2D eigenvalue weighted by atomic mass is 9.94. The zero-order valence-electron chi connectivity index (χ0n) is 20.7. The first-order valence-electron chi connectivity index (χ1n) is 12.0. The average Bonchev–Trinajstić information content (AvgIpc) is 2.89. The van der Waals surface area contributed by atoms with Crippen molar-refractivity contribution in [2.75, 3.05) is 63.7 Å². The van der Waals surface area contributed by atoms with E-state index < -0.39 is 14.6 Å². The van der Waals surface area contributed by atoms with Crippen LogP contribution in [0.4, 0.5) is 10.6 Å². The molecule has 0 radical (unpaired) electrons. The predicted molar refractivity (Wildman–Crippen MR) is 138 cm³/mol. The summed E-state index contributed by atoms with van der Waals surface area (Å²) in [6.07, 6.45) is 5.87. The lowest BCUT2D eigenvalue weighted by Gasteiger charge is -2.36. The Morgan fingerprint density at radius 2 is 1.94 bits per heavy atom. The summed E-state index contributed by atoms with van der Waals surface area (Å²) in [6.45, 7) is 3.18. The fourth-order valence-electron chi connectivity index (χ4n) is 3.85. The lowest BCUT2D eigenvalue weighted by molar-refractivity contribution is 0.0729. The molecule has 202 valence electrons. The predicted octanol–water partition coefficient (Wildman–Crippen LogP) is -0.0989. The van der Waals surface area contributed by atoms with Crippen LogP contribution >= 0.6 is 0 Å². The number of nitrogens with one attached hydrogen (secondary N) is 3. The number of hydrogen-bond acceptors (Lipinski definition) is 10. The highest BCUT2D eigenvalue weighted by molar-refractivity contribution is 7.92. The second-order valence-corrected chi connectivity index (χ2v) is 10.6. The van der Waals surface area contributed by atoms with E-state index in [0.29, 0.717) is 36.0 Å². The Morgan fingerprint density at radius 1 is 1.19 bits per heavy atom. The van der Waals surface area contributed by atoms with Crippen molar-refractivity contribution in [1.29, 1.82) is 0 Å². The standard InChI is InChI=1S/C23H38N6O6S/c1-2-18(5-3-9-26-22(32)27-10-8-24)21-28-19(17-20(29-21)25-11-13-31)23(6-14-35-15-7-23)36(33,34)16-4-12-30/h2-3,5,17,30-31H,4,6-16,24H2,1H3,(H,25,28,29)(H2,26,27,32)/b5-3-,18-2+. The van der Waals surface area contributed by atoms with Crippen molar-refractivity contribution in [3.05, 3.63) is 35.8 Å². The van der Waals surface area contributed by atoms with Crippen LogP contribution in [0.5, 0.6) is 0 Å². The SMILES string of the molecule is C/C=C(\C=C/CNC(=O)NCCN)c1nc(NCCO)cc(C2(S(=O)(=O)CCCO)CCOCC2)n1. The highest BCUT2D eigenvalue weighted by atomic mass is 32.2. The monoisotopic (exact) mass is 526 g/mol. The Hall–Kier alpha value is -2.58. The van der Waals surface area contributed by atoms with Gasteiger partial charge < -0.3 is 36.6 Å². The summed E-state index contributed by atoms with van der Waals surface area (Å²) in [5.74, 6) is 0.526. The summed E-state index contributed by atoms with van der Waals surface area (Å²) >= 11 is 0. The molecule has 0 aliphatic carbocycles. The molecular weight excluding hydrogens is 488 g/mol. The Balaban J connectivity index is 2.43. The Labute approximate surface area is 212 Å². The molecule has 1 aliphatic heterocycles. The van der Waals surface area contributed by atoms with Crippen LogP contribution in [0.25, 0.3) is 5.57 Å². The third-order valence-electron chi connectivity index (χ3n) is 5.75. The third-order valence-corrected chi connectivity index (χ3v) is 8.39. The van der Waals surface area contributed by atoms with Crippen molar-refractivity contribution in [3.8, 4) is 0 Å². The maximum atomic E-state index is 13.5. The number of amides is 2. The number of carbonyl (C=O) groups is 1. The molecule has 2 heterocycles. The van der Waals surface area contributed by atoms with Gasteiger partial charge in [0.15, 0.2) is 15.7 Å². The number of anilines is 1. The largest absolute Gasteiger partial charge is 0.396 e. The second kappa shape index (κ2) is 14.9. The number of aliphatic hydroxyl groups excluding tert-OH is 2. The number of sulfone groups is 1. The number of hydrogen-bond donors (Lipinski definition) is 6. The van der Waals surface area contributed by atoms with Crippen molar-refractivity contribution in [2.45, 2.75) is 30.9 Å². The second-order valence-electron chi connectivity index (χ2n) is 8.19. The first-order valence-corrected chi connectivity index (χ1v) is 13.7. The van der Waals surface area contributed by atoms with Crippen LogP contribution in [0.15, 0.2) is 24.3 Å². The van der Waals surface area contributed by atoms with Gasteiger partial charge in [-0.3, -0.25) is 0 Å². The van der Waals surface area contributed by atoms with Gasteiger partial charge in [0.25, 0.3) is 0 Å². The van der Waals surface area contributed by atoms with Crippen molar-refractivity contribution in [2.24, 2.45) is 5.73 Å². The van der Waals surface area contributed by atoms with E-state index in [1.165, 1.54) is 0 Å². The molecular formula is C23H38N6O6S. The van der Waals surface area contributed by atoms with E-state index in [1.807, 2.05) is 0 Å². The Morgan fingerprint density at radius 3 is 2.58 bits per heavy atom. The normalized spacial score (nSPS) is 16.2. The minimum Gasteiger partial charge on any atom is -0.396 e. The molecule has 2 rings (SSSR count). The van der Waals surface area contributed by atoms with Crippen LogP contribution in [-0.4, -0.2) is 93.0 Å². The Kier molecular flexibility index (Phi) is 12.2. The van der Waals surface area contributed by atoms with Crippen LogP contribution in [-0.2, 0) is 19.3 Å². The molecule has 1 fully saturated rings. The van der Waals surface area contributed by atoms with Gasteiger partial charge in [-0.05, 0) is 26.2 Å². The van der Waals surface area contributed by atoms with E-state index in [4.69, 9.17) is 15.5 Å². The molecule has 2 amide bonds. The Bertz CT molecular complexity index is 1010. The van der Waals surface area contributed by atoms with Gasteiger partial charge in [0.05, 0.1) is 18.1 Å². The van der Waals surface area contributed by atoms with Gasteiger partial charge in [0.1, 0.15) is 10.6 Å². The molecule has 0 aromatic carbocycles. The summed E-state index contributed by atoms with van der Waals surface area (Å²) in [7, 11) is -3.69. The lowest BCUT2D eigenvalue weighted by Crippen LogP contribution is -2.43. The van der Waals surface area contributed by atoms with Crippen molar-refractivity contribution < 1.29 is 28.2 Å². The summed E-state index contributed by atoms with van der Waals surface area (Å²) in [6, 6.07) is 1.27. The number of urea groups is 1. The van der Waals surface area contributed by atoms with E-state index in [0.717, 1.165) is 0 Å². The van der Waals surface area contributed by atoms with Crippen LogP contribution in [0.2, 0.25) is 0 Å². The number of aliphatic hydroxyl groups is 2.